The minimum atomic E-state index is -4.20. The second kappa shape index (κ2) is 7.16. The van der Waals surface area contributed by atoms with E-state index < -0.39 is 12.7 Å². The predicted octanol–water partition coefficient (Wildman–Crippen LogP) is 1.69. The van der Waals surface area contributed by atoms with Gasteiger partial charge in [-0.1, -0.05) is 6.92 Å². The van der Waals surface area contributed by atoms with E-state index in [2.05, 4.69) is 10.3 Å². The highest BCUT2D eigenvalue weighted by molar-refractivity contribution is 5.94. The van der Waals surface area contributed by atoms with Gasteiger partial charge in [-0.25, -0.2) is 0 Å². The molecule has 0 unspecified atom stereocenters. The van der Waals surface area contributed by atoms with Crippen LogP contribution in [0.1, 0.15) is 35.8 Å². The molecule has 23 heavy (non-hydrogen) atoms. The topological polar surface area (TPSA) is 65.2 Å². The smallest absolute Gasteiger partial charge is 0.349 e. The van der Waals surface area contributed by atoms with Gasteiger partial charge in [-0.2, -0.15) is 13.2 Å². The lowest BCUT2D eigenvalue weighted by Crippen LogP contribution is -2.47. The molecule has 0 atom stereocenters. The average molecular weight is 331 g/mol. The Morgan fingerprint density at radius 2 is 2.00 bits per heavy atom. The molecule has 128 valence electrons. The molecule has 1 amide bonds. The van der Waals surface area contributed by atoms with Crippen molar-refractivity contribution in [1.29, 1.82) is 0 Å². The van der Waals surface area contributed by atoms with Gasteiger partial charge in [0.25, 0.3) is 5.91 Å². The number of alkyl halides is 3. The van der Waals surface area contributed by atoms with Gasteiger partial charge >= 0.3 is 6.18 Å². The number of amides is 1. The Morgan fingerprint density at radius 3 is 2.57 bits per heavy atom. The van der Waals surface area contributed by atoms with Gasteiger partial charge in [-0.3, -0.25) is 14.5 Å². The number of piperidine rings is 1. The zero-order chi connectivity index (χ0) is 17.0. The summed E-state index contributed by atoms with van der Waals surface area (Å²) in [6.07, 6.45) is -2.67. The fraction of sp³-hybridized carbons (Fsp3) is 0.600. The molecule has 2 heterocycles. The largest absolute Gasteiger partial charge is 0.401 e. The zero-order valence-corrected chi connectivity index (χ0v) is 12.9. The fourth-order valence-electron chi connectivity index (χ4n) is 2.68. The molecule has 1 aliphatic rings. The molecular formula is C15H20F3N3O2. The summed E-state index contributed by atoms with van der Waals surface area (Å²) in [5.41, 5.74) is 0.612. The van der Waals surface area contributed by atoms with E-state index in [0.717, 1.165) is 0 Å². The van der Waals surface area contributed by atoms with Crippen LogP contribution < -0.4 is 10.9 Å². The molecular weight excluding hydrogens is 311 g/mol. The lowest BCUT2D eigenvalue weighted by Gasteiger charge is -2.32. The van der Waals surface area contributed by atoms with E-state index in [4.69, 9.17) is 0 Å². The molecule has 8 heteroatoms. The van der Waals surface area contributed by atoms with Crippen LogP contribution in [0.3, 0.4) is 0 Å². The number of aryl methyl sites for hydroxylation is 1. The Bertz CT molecular complexity index is 605. The molecule has 1 aromatic heterocycles. The van der Waals surface area contributed by atoms with Gasteiger partial charge in [-0.05, 0) is 25.3 Å². The molecule has 1 aliphatic heterocycles. The molecule has 1 fully saturated rings. The first-order valence-corrected chi connectivity index (χ1v) is 7.60. The van der Waals surface area contributed by atoms with Crippen LogP contribution in [0.15, 0.2) is 16.9 Å². The van der Waals surface area contributed by atoms with Crippen LogP contribution in [0.5, 0.6) is 0 Å². The number of likely N-dealkylation sites (tertiary alicyclic amines) is 1. The van der Waals surface area contributed by atoms with E-state index in [0.29, 0.717) is 38.0 Å². The number of aromatic nitrogens is 1. The maximum atomic E-state index is 12.3. The van der Waals surface area contributed by atoms with Crippen LogP contribution in [0, 0.1) is 0 Å². The number of halogens is 3. The third-order valence-electron chi connectivity index (χ3n) is 3.87. The molecule has 1 saturated heterocycles. The highest BCUT2D eigenvalue weighted by Crippen LogP contribution is 2.19. The summed E-state index contributed by atoms with van der Waals surface area (Å²) in [6.45, 7) is 1.53. The van der Waals surface area contributed by atoms with Crippen molar-refractivity contribution in [1.82, 2.24) is 15.2 Å². The number of carbonyl (C=O) groups is 1. The summed E-state index contributed by atoms with van der Waals surface area (Å²) in [4.78, 5) is 27.7. The molecule has 2 N–H and O–H groups in total. The van der Waals surface area contributed by atoms with Crippen LogP contribution in [0.25, 0.3) is 0 Å². The highest BCUT2D eigenvalue weighted by atomic mass is 19.4. The molecule has 0 spiro atoms. The van der Waals surface area contributed by atoms with E-state index in [1.54, 1.807) is 6.07 Å². The standard InChI is InChI=1S/C15H20F3N3O2/c1-2-11-7-10(8-13(22)19-11)14(23)20-12-3-5-21(6-4-12)9-15(16,17)18/h7-8,12H,2-6,9H2,1H3,(H,19,22)(H,20,23). The summed E-state index contributed by atoms with van der Waals surface area (Å²) in [7, 11) is 0. The number of aromatic amines is 1. The highest BCUT2D eigenvalue weighted by Gasteiger charge is 2.32. The van der Waals surface area contributed by atoms with Crippen molar-refractivity contribution in [2.24, 2.45) is 0 Å². The minimum absolute atomic E-state index is 0.170. The van der Waals surface area contributed by atoms with Crippen molar-refractivity contribution >= 4 is 5.91 Å². The Kier molecular flexibility index (Phi) is 5.46. The van der Waals surface area contributed by atoms with Crippen molar-refractivity contribution in [3.05, 3.63) is 33.7 Å². The zero-order valence-electron chi connectivity index (χ0n) is 12.9. The van der Waals surface area contributed by atoms with E-state index in [-0.39, 0.29) is 23.1 Å². The molecule has 2 rings (SSSR count). The van der Waals surface area contributed by atoms with E-state index in [9.17, 15) is 22.8 Å². The number of nitrogens with zero attached hydrogens (tertiary/aromatic N) is 1. The first-order valence-electron chi connectivity index (χ1n) is 7.60. The van der Waals surface area contributed by atoms with E-state index in [1.807, 2.05) is 6.92 Å². The van der Waals surface area contributed by atoms with Gasteiger partial charge in [0.05, 0.1) is 6.54 Å². The number of carbonyl (C=O) groups excluding carboxylic acids is 1. The van der Waals surface area contributed by atoms with E-state index in [1.165, 1.54) is 11.0 Å². The third kappa shape index (κ3) is 5.38. The number of hydrogen-bond donors (Lipinski definition) is 2. The van der Waals surface area contributed by atoms with Gasteiger partial charge in [-0.15, -0.1) is 0 Å². The molecule has 0 saturated carbocycles. The third-order valence-corrected chi connectivity index (χ3v) is 3.87. The predicted molar refractivity (Wildman–Crippen MR) is 79.4 cm³/mol. The minimum Gasteiger partial charge on any atom is -0.349 e. The lowest BCUT2D eigenvalue weighted by atomic mass is 10.0. The van der Waals surface area contributed by atoms with E-state index >= 15 is 0 Å². The van der Waals surface area contributed by atoms with Gasteiger partial charge in [0.15, 0.2) is 0 Å². The quantitative estimate of drug-likeness (QED) is 0.882. The second-order valence-corrected chi connectivity index (χ2v) is 5.75. The van der Waals surface area contributed by atoms with Crippen LogP contribution in [0.2, 0.25) is 0 Å². The Morgan fingerprint density at radius 1 is 1.35 bits per heavy atom. The van der Waals surface area contributed by atoms with Crippen LogP contribution in [-0.4, -0.2) is 47.6 Å². The normalized spacial score (nSPS) is 17.2. The van der Waals surface area contributed by atoms with Crippen molar-refractivity contribution in [2.45, 2.75) is 38.4 Å². The average Bonchev–Trinajstić information content (AvgIpc) is 2.47. The summed E-state index contributed by atoms with van der Waals surface area (Å²) in [5.74, 6) is -0.361. The van der Waals surface area contributed by atoms with Crippen molar-refractivity contribution in [3.8, 4) is 0 Å². The molecule has 0 bridgehead atoms. The van der Waals surface area contributed by atoms with Gasteiger partial charge < -0.3 is 10.3 Å². The summed E-state index contributed by atoms with van der Waals surface area (Å²) < 4.78 is 37.0. The van der Waals surface area contributed by atoms with Crippen LogP contribution in [-0.2, 0) is 6.42 Å². The van der Waals surface area contributed by atoms with Gasteiger partial charge in [0.1, 0.15) is 0 Å². The van der Waals surface area contributed by atoms with Crippen LogP contribution >= 0.6 is 0 Å². The molecule has 0 aliphatic carbocycles. The summed E-state index contributed by atoms with van der Waals surface area (Å²) in [5, 5.41) is 2.80. The number of pyridine rings is 1. The summed E-state index contributed by atoms with van der Waals surface area (Å²) >= 11 is 0. The second-order valence-electron chi connectivity index (χ2n) is 5.75. The number of rotatable bonds is 4. The van der Waals surface area contributed by atoms with Crippen molar-refractivity contribution in [3.63, 3.8) is 0 Å². The van der Waals surface area contributed by atoms with Crippen molar-refractivity contribution in [2.75, 3.05) is 19.6 Å². The van der Waals surface area contributed by atoms with Crippen LogP contribution in [0.4, 0.5) is 13.2 Å². The number of H-pyrrole nitrogens is 1. The fourth-order valence-corrected chi connectivity index (χ4v) is 2.68. The lowest BCUT2D eigenvalue weighted by molar-refractivity contribution is -0.148. The molecule has 0 radical (unpaired) electrons. The Labute approximate surface area is 131 Å². The van der Waals surface area contributed by atoms with Gasteiger partial charge in [0, 0.05) is 36.5 Å². The Balaban J connectivity index is 1.90. The molecule has 5 nitrogen and oxygen atoms in total. The number of hydrogen-bond acceptors (Lipinski definition) is 3. The maximum Gasteiger partial charge on any atom is 0.401 e. The first kappa shape index (κ1) is 17.5. The van der Waals surface area contributed by atoms with Gasteiger partial charge in [0.2, 0.25) is 5.56 Å². The monoisotopic (exact) mass is 331 g/mol. The maximum absolute atomic E-state index is 12.3. The number of nitrogens with one attached hydrogen (secondary N) is 2. The molecule has 0 aromatic carbocycles. The first-order chi connectivity index (χ1) is 10.8. The summed E-state index contributed by atoms with van der Waals surface area (Å²) in [6, 6.07) is 2.68. The van der Waals surface area contributed by atoms with Crippen molar-refractivity contribution < 1.29 is 18.0 Å². The Hall–Kier alpha value is -1.83. The SMILES string of the molecule is CCc1cc(C(=O)NC2CCN(CC(F)(F)F)CC2)cc(=O)[nH]1. The molecule has 1 aromatic rings.